The highest BCUT2D eigenvalue weighted by molar-refractivity contribution is 7.13. The molecule has 1 aliphatic carbocycles. The Kier molecular flexibility index (Phi) is 9.84. The lowest BCUT2D eigenvalue weighted by molar-refractivity contribution is 1.01. The van der Waals surface area contributed by atoms with Crippen molar-refractivity contribution in [1.29, 1.82) is 0 Å². The Morgan fingerprint density at radius 1 is 0.322 bits per heavy atom. The number of hydrogen-bond donors (Lipinski definition) is 0. The number of thiophene rings is 1. The molecule has 0 fully saturated rings. The van der Waals surface area contributed by atoms with E-state index in [1.807, 2.05) is 66.7 Å². The molecule has 0 unspecified atom stereocenters. The number of allylic oxidation sites excluding steroid dienone is 4. The maximum atomic E-state index is 4.96. The van der Waals surface area contributed by atoms with E-state index in [9.17, 15) is 0 Å². The highest BCUT2D eigenvalue weighted by Crippen LogP contribution is 2.39. The van der Waals surface area contributed by atoms with Crippen molar-refractivity contribution < 1.29 is 0 Å². The van der Waals surface area contributed by atoms with Crippen molar-refractivity contribution in [2.45, 2.75) is 12.8 Å². The minimum Gasteiger partial charge on any atom is -0.208 e. The molecule has 9 aromatic rings. The zero-order valence-electron chi connectivity index (χ0n) is 32.0. The molecule has 280 valence electrons. The van der Waals surface area contributed by atoms with Crippen molar-refractivity contribution in [3.63, 3.8) is 0 Å². The van der Waals surface area contributed by atoms with E-state index < -0.39 is 0 Å². The van der Waals surface area contributed by atoms with Crippen molar-refractivity contribution in [3.8, 4) is 89.6 Å². The second-order valence-corrected chi connectivity index (χ2v) is 15.2. The lowest BCUT2D eigenvalue weighted by atomic mass is 9.89. The van der Waals surface area contributed by atoms with Crippen molar-refractivity contribution in [2.24, 2.45) is 0 Å². The lowest BCUT2D eigenvalue weighted by Crippen LogP contribution is -2.02. The largest absolute Gasteiger partial charge is 0.208 e. The van der Waals surface area contributed by atoms with E-state index in [0.29, 0.717) is 34.9 Å². The van der Waals surface area contributed by atoms with Gasteiger partial charge < -0.3 is 0 Å². The Bertz CT molecular complexity index is 2900. The van der Waals surface area contributed by atoms with Crippen LogP contribution in [0.15, 0.2) is 193 Å². The van der Waals surface area contributed by atoms with Gasteiger partial charge >= 0.3 is 0 Å². The predicted octanol–water partition coefficient (Wildman–Crippen LogP) is 13.2. The third kappa shape index (κ3) is 7.55. The summed E-state index contributed by atoms with van der Waals surface area (Å²) in [5.41, 5.74) is 11.6. The van der Waals surface area contributed by atoms with E-state index in [1.165, 1.54) is 0 Å². The molecule has 0 spiro atoms. The van der Waals surface area contributed by atoms with E-state index >= 15 is 0 Å². The number of aromatic nitrogens is 6. The molecular formula is C52H36N6S. The summed E-state index contributed by atoms with van der Waals surface area (Å²) in [6, 6.07) is 58.5. The molecule has 7 heteroatoms. The highest BCUT2D eigenvalue weighted by atomic mass is 32.1. The first-order chi connectivity index (χ1) is 29.2. The summed E-state index contributed by atoms with van der Waals surface area (Å²) in [5.74, 6) is 3.98. The van der Waals surface area contributed by atoms with Crippen LogP contribution in [-0.4, -0.2) is 29.9 Å². The molecule has 0 amide bonds. The van der Waals surface area contributed by atoms with Crippen LogP contribution in [0.25, 0.3) is 95.2 Å². The average molecular weight is 777 g/mol. The first-order valence-electron chi connectivity index (χ1n) is 19.7. The lowest BCUT2D eigenvalue weighted by Gasteiger charge is -2.15. The van der Waals surface area contributed by atoms with Gasteiger partial charge in [-0.3, -0.25) is 0 Å². The molecule has 10 rings (SSSR count). The minimum atomic E-state index is 0.630. The van der Waals surface area contributed by atoms with Crippen LogP contribution in [-0.2, 0) is 0 Å². The number of hydrogen-bond acceptors (Lipinski definition) is 7. The standard InChI is InChI=1S/C52H36N6S/c1-4-15-37(16-5-1)47-53-48(38-17-6-2-7-18-38)55-50(54-47)40-30-26-35(27-31-40)42-21-10-12-23-44(42)45-24-13-11-22-43(45)36-28-32-41(33-29-36)51-56-49(39-19-8-3-9-20-39)57-52(58-51)46-25-14-34-59-46/h1-2,4-8,10-34H,3,9H2. The maximum absolute atomic E-state index is 4.96. The fourth-order valence-electron chi connectivity index (χ4n) is 7.40. The fraction of sp³-hybridized carbons (Fsp3) is 0.0385. The Morgan fingerprint density at radius 3 is 1.19 bits per heavy atom. The monoisotopic (exact) mass is 776 g/mol. The Balaban J connectivity index is 0.981. The molecule has 0 atom stereocenters. The Labute approximate surface area is 347 Å². The van der Waals surface area contributed by atoms with Crippen LogP contribution in [0.2, 0.25) is 0 Å². The van der Waals surface area contributed by atoms with Gasteiger partial charge in [0.05, 0.1) is 4.88 Å². The zero-order valence-corrected chi connectivity index (χ0v) is 32.8. The van der Waals surface area contributed by atoms with Gasteiger partial charge in [0.15, 0.2) is 34.9 Å². The third-order valence-electron chi connectivity index (χ3n) is 10.4. The average Bonchev–Trinajstić information content (AvgIpc) is 3.88. The number of nitrogens with zero attached hydrogens (tertiary/aromatic N) is 6. The zero-order chi connectivity index (χ0) is 39.4. The van der Waals surface area contributed by atoms with Crippen LogP contribution in [0.3, 0.4) is 0 Å². The van der Waals surface area contributed by atoms with Gasteiger partial charge in [0.1, 0.15) is 0 Å². The molecule has 6 nitrogen and oxygen atoms in total. The molecule has 3 heterocycles. The molecule has 0 saturated heterocycles. The van der Waals surface area contributed by atoms with Crippen LogP contribution < -0.4 is 0 Å². The summed E-state index contributed by atoms with van der Waals surface area (Å²) in [6.07, 6.45) is 8.53. The molecule has 0 radical (unpaired) electrons. The smallest absolute Gasteiger partial charge is 0.174 e. The van der Waals surface area contributed by atoms with Gasteiger partial charge in [-0.1, -0.05) is 182 Å². The van der Waals surface area contributed by atoms with Gasteiger partial charge in [0, 0.05) is 27.8 Å². The predicted molar refractivity (Wildman–Crippen MR) is 241 cm³/mol. The van der Waals surface area contributed by atoms with Crippen LogP contribution in [0.1, 0.15) is 18.7 Å². The van der Waals surface area contributed by atoms with Gasteiger partial charge in [-0.05, 0) is 57.7 Å². The summed E-state index contributed by atoms with van der Waals surface area (Å²) in [5, 5.41) is 2.05. The van der Waals surface area contributed by atoms with E-state index in [0.717, 1.165) is 78.9 Å². The molecule has 3 aromatic heterocycles. The second kappa shape index (κ2) is 16.2. The topological polar surface area (TPSA) is 77.3 Å². The van der Waals surface area contributed by atoms with Crippen molar-refractivity contribution >= 4 is 16.9 Å². The molecule has 0 saturated carbocycles. The summed E-state index contributed by atoms with van der Waals surface area (Å²) in [7, 11) is 0. The van der Waals surface area contributed by atoms with Gasteiger partial charge in [0.2, 0.25) is 0 Å². The molecule has 0 aliphatic heterocycles. The maximum Gasteiger partial charge on any atom is 0.174 e. The SMILES string of the molecule is C1=CC(c2nc(-c3ccc(-c4ccccc4-c4ccccc4-c4ccc(-c5nc(-c6ccccc6)nc(-c6ccccc6)n5)cc4)cc3)nc(-c3cccs3)n2)=CCC1. The fourth-order valence-corrected chi connectivity index (χ4v) is 8.06. The van der Waals surface area contributed by atoms with Crippen molar-refractivity contribution in [1.82, 2.24) is 29.9 Å². The van der Waals surface area contributed by atoms with Crippen LogP contribution in [0.5, 0.6) is 0 Å². The van der Waals surface area contributed by atoms with Crippen LogP contribution in [0.4, 0.5) is 0 Å². The molecular weight excluding hydrogens is 741 g/mol. The number of rotatable bonds is 9. The van der Waals surface area contributed by atoms with Crippen LogP contribution in [0, 0.1) is 0 Å². The highest BCUT2D eigenvalue weighted by Gasteiger charge is 2.17. The molecule has 1 aliphatic rings. The molecule has 6 aromatic carbocycles. The second-order valence-electron chi connectivity index (χ2n) is 14.2. The molecule has 0 bridgehead atoms. The normalized spacial score (nSPS) is 12.3. The molecule has 59 heavy (non-hydrogen) atoms. The summed E-state index contributed by atoms with van der Waals surface area (Å²) < 4.78 is 0. The van der Waals surface area contributed by atoms with Crippen molar-refractivity contribution in [2.75, 3.05) is 0 Å². The van der Waals surface area contributed by atoms with Gasteiger partial charge in [0.25, 0.3) is 0 Å². The first-order valence-corrected chi connectivity index (χ1v) is 20.6. The Hall–Kier alpha value is -7.48. The summed E-state index contributed by atoms with van der Waals surface area (Å²) in [4.78, 5) is 30.6. The number of benzene rings is 6. The van der Waals surface area contributed by atoms with E-state index in [4.69, 9.17) is 29.9 Å². The Morgan fingerprint density at radius 2 is 0.729 bits per heavy atom. The van der Waals surface area contributed by atoms with Crippen molar-refractivity contribution in [3.05, 3.63) is 199 Å². The van der Waals surface area contributed by atoms with E-state index in [2.05, 4.69) is 127 Å². The van der Waals surface area contributed by atoms with E-state index in [-0.39, 0.29) is 0 Å². The summed E-state index contributed by atoms with van der Waals surface area (Å²) >= 11 is 1.63. The quantitative estimate of drug-likeness (QED) is 0.145. The molecule has 0 N–H and O–H groups in total. The van der Waals surface area contributed by atoms with E-state index in [1.54, 1.807) is 11.3 Å². The first kappa shape index (κ1) is 35.9. The third-order valence-corrected chi connectivity index (χ3v) is 11.2. The van der Waals surface area contributed by atoms with Gasteiger partial charge in [-0.2, -0.15) is 0 Å². The van der Waals surface area contributed by atoms with Crippen LogP contribution >= 0.6 is 11.3 Å². The summed E-state index contributed by atoms with van der Waals surface area (Å²) in [6.45, 7) is 0. The minimum absolute atomic E-state index is 0.630. The van der Waals surface area contributed by atoms with Gasteiger partial charge in [-0.15, -0.1) is 11.3 Å². The van der Waals surface area contributed by atoms with Gasteiger partial charge in [-0.25, -0.2) is 29.9 Å².